The number of hydrogen-bond acceptors (Lipinski definition) is 6. The van der Waals surface area contributed by atoms with Crippen molar-refractivity contribution < 1.29 is 27.1 Å². The van der Waals surface area contributed by atoms with Crippen LogP contribution in [0.3, 0.4) is 0 Å². The molecule has 0 saturated carbocycles. The summed E-state index contributed by atoms with van der Waals surface area (Å²) < 4.78 is 49.8. The Morgan fingerprint density at radius 2 is 1.86 bits per heavy atom. The van der Waals surface area contributed by atoms with Crippen LogP contribution in [0.5, 0.6) is 11.5 Å². The number of hydrogen-bond donors (Lipinski definition) is 1. The number of carbonyl (C=O) groups is 1. The summed E-state index contributed by atoms with van der Waals surface area (Å²) in [6.45, 7) is -0.481. The molecule has 0 bridgehead atoms. The summed E-state index contributed by atoms with van der Waals surface area (Å²) in [6.07, 6.45) is 1.13. The molecule has 150 valence electrons. The third-order valence-electron chi connectivity index (χ3n) is 3.73. The van der Waals surface area contributed by atoms with E-state index in [4.69, 9.17) is 9.47 Å². The Labute approximate surface area is 162 Å². The molecule has 28 heavy (non-hydrogen) atoms. The van der Waals surface area contributed by atoms with Crippen LogP contribution in [0.25, 0.3) is 0 Å². The van der Waals surface area contributed by atoms with Gasteiger partial charge in [0.05, 0.1) is 31.9 Å². The number of methoxy groups -OCH3 is 2. The maximum atomic E-state index is 13.5. The topological polar surface area (TPSA) is 97.3 Å². The highest BCUT2D eigenvalue weighted by Gasteiger charge is 2.24. The summed E-state index contributed by atoms with van der Waals surface area (Å²) in [6, 6.07) is 10.00. The number of sulfonamides is 1. The van der Waals surface area contributed by atoms with E-state index in [-0.39, 0.29) is 16.2 Å². The van der Waals surface area contributed by atoms with Crippen molar-refractivity contribution in [3.8, 4) is 11.5 Å². The lowest BCUT2D eigenvalue weighted by atomic mass is 10.2. The van der Waals surface area contributed by atoms with Crippen molar-refractivity contribution in [3.63, 3.8) is 0 Å². The number of amides is 1. The lowest BCUT2D eigenvalue weighted by molar-refractivity contribution is -0.121. The average molecular weight is 409 g/mol. The molecule has 1 amide bonds. The Morgan fingerprint density at radius 1 is 1.18 bits per heavy atom. The third kappa shape index (κ3) is 5.05. The van der Waals surface area contributed by atoms with Gasteiger partial charge in [0.2, 0.25) is 10.0 Å². The molecule has 2 rings (SSSR count). The van der Waals surface area contributed by atoms with E-state index in [0.29, 0.717) is 5.75 Å². The molecule has 0 unspecified atom stereocenters. The highest BCUT2D eigenvalue weighted by molar-refractivity contribution is 7.89. The normalized spacial score (nSPS) is 11.6. The molecule has 0 aromatic heterocycles. The zero-order valence-corrected chi connectivity index (χ0v) is 16.4. The van der Waals surface area contributed by atoms with Gasteiger partial charge in [0.1, 0.15) is 5.82 Å². The zero-order chi connectivity index (χ0) is 20.7. The summed E-state index contributed by atoms with van der Waals surface area (Å²) in [5, 5.41) is 3.64. The van der Waals surface area contributed by atoms with E-state index in [0.717, 1.165) is 10.5 Å². The molecule has 0 fully saturated rings. The second kappa shape index (κ2) is 9.29. The molecule has 2 aromatic rings. The first-order valence-electron chi connectivity index (χ1n) is 8.04. The molecule has 0 radical (unpaired) electrons. The van der Waals surface area contributed by atoms with E-state index in [1.807, 2.05) is 0 Å². The first-order valence-corrected chi connectivity index (χ1v) is 9.48. The van der Waals surface area contributed by atoms with Gasteiger partial charge >= 0.3 is 0 Å². The fourth-order valence-electron chi connectivity index (χ4n) is 2.23. The second-order valence-electron chi connectivity index (χ2n) is 5.59. The van der Waals surface area contributed by atoms with Crippen LogP contribution >= 0.6 is 0 Å². The Balaban J connectivity index is 2.05. The summed E-state index contributed by atoms with van der Waals surface area (Å²) >= 11 is 0. The predicted molar refractivity (Wildman–Crippen MR) is 101 cm³/mol. The van der Waals surface area contributed by atoms with Crippen LogP contribution in [0.1, 0.15) is 5.56 Å². The van der Waals surface area contributed by atoms with Gasteiger partial charge in [-0.15, -0.1) is 0 Å². The van der Waals surface area contributed by atoms with Crippen molar-refractivity contribution in [2.75, 3.05) is 27.8 Å². The van der Waals surface area contributed by atoms with E-state index >= 15 is 0 Å². The van der Waals surface area contributed by atoms with E-state index in [1.54, 1.807) is 6.07 Å². The van der Waals surface area contributed by atoms with E-state index in [9.17, 15) is 17.6 Å². The number of benzene rings is 2. The van der Waals surface area contributed by atoms with E-state index < -0.39 is 28.3 Å². The zero-order valence-electron chi connectivity index (χ0n) is 15.5. The summed E-state index contributed by atoms with van der Waals surface area (Å²) in [7, 11) is 0.128. The van der Waals surface area contributed by atoms with Crippen LogP contribution in [0.2, 0.25) is 0 Å². The molecule has 0 aliphatic carbocycles. The van der Waals surface area contributed by atoms with Gasteiger partial charge in [0.15, 0.2) is 11.5 Å². The van der Waals surface area contributed by atoms with Crippen molar-refractivity contribution in [2.45, 2.75) is 4.90 Å². The van der Waals surface area contributed by atoms with Gasteiger partial charge < -0.3 is 9.47 Å². The van der Waals surface area contributed by atoms with Gasteiger partial charge in [0.25, 0.3) is 5.91 Å². The second-order valence-corrected chi connectivity index (χ2v) is 7.64. The van der Waals surface area contributed by atoms with Crippen LogP contribution < -0.4 is 14.9 Å². The molecule has 0 heterocycles. The minimum Gasteiger partial charge on any atom is -0.493 e. The van der Waals surface area contributed by atoms with E-state index in [1.165, 1.54) is 57.7 Å². The first-order chi connectivity index (χ1) is 13.3. The van der Waals surface area contributed by atoms with Crippen LogP contribution in [0.4, 0.5) is 4.39 Å². The van der Waals surface area contributed by atoms with Crippen LogP contribution in [0.15, 0.2) is 52.5 Å². The average Bonchev–Trinajstić information content (AvgIpc) is 2.68. The number of nitrogens with one attached hydrogen (secondary N) is 1. The molecule has 0 atom stereocenters. The van der Waals surface area contributed by atoms with Gasteiger partial charge in [-0.1, -0.05) is 18.2 Å². The van der Waals surface area contributed by atoms with Crippen LogP contribution in [0, 0.1) is 5.82 Å². The van der Waals surface area contributed by atoms with Gasteiger partial charge in [-0.2, -0.15) is 9.41 Å². The minimum atomic E-state index is -3.95. The standard InChI is InChI=1S/C18H20FN3O5S/c1-22(12-18(23)21-20-11-13-6-4-5-7-15(13)19)28(24,25)14-8-9-16(26-2)17(10-14)27-3/h4-11H,12H2,1-3H3,(H,21,23)/b20-11-. The molecule has 0 saturated heterocycles. The van der Waals surface area contributed by atoms with Crippen molar-refractivity contribution in [2.24, 2.45) is 5.10 Å². The molecular formula is C18H20FN3O5S. The molecule has 0 spiro atoms. The monoisotopic (exact) mass is 409 g/mol. The lowest BCUT2D eigenvalue weighted by Gasteiger charge is -2.17. The van der Waals surface area contributed by atoms with Gasteiger partial charge in [0, 0.05) is 18.7 Å². The number of rotatable bonds is 8. The van der Waals surface area contributed by atoms with Crippen LogP contribution in [-0.4, -0.2) is 52.7 Å². The summed E-state index contributed by atoms with van der Waals surface area (Å²) in [4.78, 5) is 11.9. The smallest absolute Gasteiger partial charge is 0.255 e. The fraction of sp³-hybridized carbons (Fsp3) is 0.222. The maximum Gasteiger partial charge on any atom is 0.255 e. The molecule has 0 aliphatic rings. The number of carbonyl (C=O) groups excluding carboxylic acids is 1. The Bertz CT molecular complexity index is 979. The van der Waals surface area contributed by atoms with Crippen molar-refractivity contribution >= 4 is 22.1 Å². The molecule has 1 N–H and O–H groups in total. The number of nitrogens with zero attached hydrogens (tertiary/aromatic N) is 2. The van der Waals surface area contributed by atoms with Gasteiger partial charge in [-0.05, 0) is 18.2 Å². The largest absolute Gasteiger partial charge is 0.493 e. The molecule has 10 heteroatoms. The number of hydrazone groups is 1. The highest BCUT2D eigenvalue weighted by Crippen LogP contribution is 2.30. The Morgan fingerprint density at radius 3 is 2.50 bits per heavy atom. The Kier molecular flexibility index (Phi) is 7.07. The summed E-state index contributed by atoms with van der Waals surface area (Å²) in [5.74, 6) is -0.548. The highest BCUT2D eigenvalue weighted by atomic mass is 32.2. The minimum absolute atomic E-state index is 0.0599. The number of ether oxygens (including phenoxy) is 2. The quantitative estimate of drug-likeness (QED) is 0.528. The van der Waals surface area contributed by atoms with Crippen molar-refractivity contribution in [1.29, 1.82) is 0 Å². The Hall–Kier alpha value is -2.98. The third-order valence-corrected chi connectivity index (χ3v) is 5.53. The predicted octanol–water partition coefficient (Wildman–Crippen LogP) is 1.61. The van der Waals surface area contributed by atoms with Gasteiger partial charge in [-0.25, -0.2) is 18.2 Å². The maximum absolute atomic E-state index is 13.5. The number of halogens is 1. The molecule has 0 aliphatic heterocycles. The summed E-state index contributed by atoms with van der Waals surface area (Å²) in [5.41, 5.74) is 2.36. The first kappa shape index (κ1) is 21.3. The van der Waals surface area contributed by atoms with Crippen LogP contribution in [-0.2, 0) is 14.8 Å². The fourth-order valence-corrected chi connectivity index (χ4v) is 3.38. The molecule has 8 nitrogen and oxygen atoms in total. The molecule has 2 aromatic carbocycles. The SMILES string of the molecule is COc1ccc(S(=O)(=O)N(C)CC(=O)N/N=C\c2ccccc2F)cc1OC. The number of likely N-dealkylation sites (N-methyl/N-ethyl adjacent to an activating group) is 1. The van der Waals surface area contributed by atoms with Crippen molar-refractivity contribution in [3.05, 3.63) is 53.8 Å². The van der Waals surface area contributed by atoms with Crippen molar-refractivity contribution in [1.82, 2.24) is 9.73 Å². The van der Waals surface area contributed by atoms with Gasteiger partial charge in [-0.3, -0.25) is 4.79 Å². The lowest BCUT2D eigenvalue weighted by Crippen LogP contribution is -2.36. The van der Waals surface area contributed by atoms with E-state index in [2.05, 4.69) is 10.5 Å². The molecular weight excluding hydrogens is 389 g/mol.